The summed E-state index contributed by atoms with van der Waals surface area (Å²) in [6.45, 7) is 12.9. The minimum absolute atomic E-state index is 0.119. The van der Waals surface area contributed by atoms with E-state index < -0.39 is 11.1 Å². The lowest BCUT2D eigenvalue weighted by molar-refractivity contribution is -0.157. The number of hydrogen-bond donors (Lipinski definition) is 0. The highest BCUT2D eigenvalue weighted by atomic mass is 16.6. The molecule has 0 aliphatic carbocycles. The summed E-state index contributed by atoms with van der Waals surface area (Å²) in [6.07, 6.45) is 0.635. The predicted octanol–water partition coefficient (Wildman–Crippen LogP) is 2.02. The van der Waals surface area contributed by atoms with E-state index in [4.69, 9.17) is 9.47 Å². The number of likely N-dealkylation sites (tertiary alicyclic amines) is 2. The largest absolute Gasteiger partial charge is 0.465 e. The molecule has 2 rings (SSSR count). The van der Waals surface area contributed by atoms with Crippen molar-refractivity contribution in [3.05, 3.63) is 0 Å². The van der Waals surface area contributed by atoms with Crippen LogP contribution in [0.3, 0.4) is 0 Å². The van der Waals surface area contributed by atoms with Gasteiger partial charge in [0.1, 0.15) is 11.1 Å². The van der Waals surface area contributed by atoms with E-state index in [9.17, 15) is 9.59 Å². The molecule has 0 N–H and O–H groups in total. The molecule has 126 valence electrons. The Bertz CT molecular complexity index is 456. The van der Waals surface area contributed by atoms with Crippen LogP contribution in [0.25, 0.3) is 0 Å². The molecular weight excluding hydrogens is 284 g/mol. The molecule has 0 aromatic rings. The second-order valence-electron chi connectivity index (χ2n) is 7.61. The number of fused-ring (bicyclic) bond motifs is 2. The monoisotopic (exact) mass is 312 g/mol. The molecule has 1 amide bonds. The van der Waals surface area contributed by atoms with Crippen molar-refractivity contribution in [1.29, 1.82) is 0 Å². The van der Waals surface area contributed by atoms with Crippen LogP contribution < -0.4 is 0 Å². The summed E-state index contributed by atoms with van der Waals surface area (Å²) in [5.41, 5.74) is -1.14. The second kappa shape index (κ2) is 5.72. The molecular formula is C16H28N2O4. The molecule has 2 aliphatic rings. The van der Waals surface area contributed by atoms with E-state index in [1.807, 2.05) is 41.5 Å². The molecule has 2 bridgehead atoms. The molecule has 2 atom stereocenters. The zero-order valence-electron chi connectivity index (χ0n) is 14.5. The maximum absolute atomic E-state index is 12.2. The van der Waals surface area contributed by atoms with Crippen LogP contribution in [0, 0.1) is 0 Å². The molecule has 22 heavy (non-hydrogen) atoms. The van der Waals surface area contributed by atoms with Crippen LogP contribution in [0.5, 0.6) is 0 Å². The smallest absolute Gasteiger partial charge is 0.410 e. The van der Waals surface area contributed by atoms with Crippen LogP contribution in [-0.2, 0) is 14.3 Å². The van der Waals surface area contributed by atoms with Gasteiger partial charge in [-0.05, 0) is 48.0 Å². The van der Waals surface area contributed by atoms with E-state index >= 15 is 0 Å². The first kappa shape index (κ1) is 17.1. The third-order valence-electron chi connectivity index (χ3n) is 4.36. The van der Waals surface area contributed by atoms with Gasteiger partial charge in [0.05, 0.1) is 6.61 Å². The fraction of sp³-hybridized carbons (Fsp3) is 0.875. The quantitative estimate of drug-likeness (QED) is 0.746. The number of nitrogens with zero attached hydrogens (tertiary/aromatic N) is 2. The van der Waals surface area contributed by atoms with Crippen LogP contribution in [0.4, 0.5) is 4.79 Å². The van der Waals surface area contributed by atoms with Gasteiger partial charge in [-0.1, -0.05) is 0 Å². The molecule has 2 aliphatic heterocycles. The summed E-state index contributed by atoms with van der Waals surface area (Å²) in [5.74, 6) is -0.202. The van der Waals surface area contributed by atoms with Crippen molar-refractivity contribution in [2.45, 2.75) is 71.2 Å². The first-order valence-electron chi connectivity index (χ1n) is 8.00. The molecule has 2 fully saturated rings. The van der Waals surface area contributed by atoms with Crippen molar-refractivity contribution >= 4 is 12.1 Å². The fourth-order valence-corrected chi connectivity index (χ4v) is 3.32. The Balaban J connectivity index is 2.00. The average molecular weight is 312 g/mol. The Labute approximate surface area is 132 Å². The van der Waals surface area contributed by atoms with Gasteiger partial charge in [0.2, 0.25) is 0 Å². The van der Waals surface area contributed by atoms with Crippen molar-refractivity contribution < 1.29 is 19.1 Å². The van der Waals surface area contributed by atoms with Gasteiger partial charge in [-0.25, -0.2) is 4.79 Å². The Hall–Kier alpha value is -1.30. The molecule has 0 radical (unpaired) electrons. The predicted molar refractivity (Wildman–Crippen MR) is 82.6 cm³/mol. The van der Waals surface area contributed by atoms with Crippen molar-refractivity contribution in [3.8, 4) is 0 Å². The molecule has 0 saturated carbocycles. The van der Waals surface area contributed by atoms with Crippen molar-refractivity contribution in [2.24, 2.45) is 0 Å². The molecule has 6 heteroatoms. The van der Waals surface area contributed by atoms with Crippen LogP contribution in [0.15, 0.2) is 0 Å². The van der Waals surface area contributed by atoms with Crippen LogP contribution in [0.2, 0.25) is 0 Å². The molecule has 0 spiro atoms. The molecule has 2 heterocycles. The van der Waals surface area contributed by atoms with Crippen LogP contribution >= 0.6 is 0 Å². The summed E-state index contributed by atoms with van der Waals surface area (Å²) in [4.78, 5) is 28.4. The van der Waals surface area contributed by atoms with Crippen molar-refractivity contribution in [1.82, 2.24) is 9.80 Å². The summed E-state index contributed by atoms with van der Waals surface area (Å²) < 4.78 is 10.6. The number of piperazine rings is 1. The zero-order chi connectivity index (χ0) is 16.7. The van der Waals surface area contributed by atoms with E-state index in [-0.39, 0.29) is 24.1 Å². The Kier molecular flexibility index (Phi) is 4.44. The number of rotatable bonds is 3. The number of carbonyl (C=O) groups excluding carboxylic acids is 2. The van der Waals surface area contributed by atoms with E-state index in [0.717, 1.165) is 6.42 Å². The summed E-state index contributed by atoms with van der Waals surface area (Å²) in [6, 6.07) is 0.311. The lowest BCUT2D eigenvalue weighted by Crippen LogP contribution is -2.59. The van der Waals surface area contributed by atoms with E-state index in [1.165, 1.54) is 0 Å². The number of amides is 1. The van der Waals surface area contributed by atoms with Crippen LogP contribution in [0.1, 0.15) is 48.0 Å². The molecule has 0 aromatic carbocycles. The molecule has 2 saturated heterocycles. The van der Waals surface area contributed by atoms with Gasteiger partial charge in [0, 0.05) is 25.2 Å². The molecule has 6 nitrogen and oxygen atoms in total. The molecule has 0 aromatic heterocycles. The topological polar surface area (TPSA) is 59.1 Å². The highest BCUT2D eigenvalue weighted by Gasteiger charge is 2.53. The van der Waals surface area contributed by atoms with Gasteiger partial charge >= 0.3 is 12.1 Å². The minimum atomic E-state index is -0.657. The third kappa shape index (κ3) is 3.21. The highest BCUT2D eigenvalue weighted by Crippen LogP contribution is 2.36. The molecule has 2 unspecified atom stereocenters. The summed E-state index contributed by atoms with van der Waals surface area (Å²) in [5, 5.41) is 0. The highest BCUT2D eigenvalue weighted by molar-refractivity contribution is 5.80. The maximum Gasteiger partial charge on any atom is 0.410 e. The first-order valence-corrected chi connectivity index (χ1v) is 8.00. The van der Waals surface area contributed by atoms with Gasteiger partial charge in [-0.15, -0.1) is 0 Å². The third-order valence-corrected chi connectivity index (χ3v) is 4.36. The second-order valence-corrected chi connectivity index (χ2v) is 7.61. The maximum atomic E-state index is 12.2. The Morgan fingerprint density at radius 2 is 1.73 bits per heavy atom. The van der Waals surface area contributed by atoms with Gasteiger partial charge in [-0.3, -0.25) is 9.69 Å². The lowest BCUT2D eigenvalue weighted by Gasteiger charge is -2.42. The number of hydrogen-bond acceptors (Lipinski definition) is 5. The SMILES string of the molecule is CCOC(=O)C(C)(C)N1CC2CC1CN2C(=O)OC(C)(C)C. The van der Waals surface area contributed by atoms with Crippen molar-refractivity contribution in [3.63, 3.8) is 0 Å². The van der Waals surface area contributed by atoms with Crippen molar-refractivity contribution in [2.75, 3.05) is 19.7 Å². The lowest BCUT2D eigenvalue weighted by atomic mass is 10.0. The Morgan fingerprint density at radius 3 is 2.18 bits per heavy atom. The summed E-state index contributed by atoms with van der Waals surface area (Å²) >= 11 is 0. The number of carbonyl (C=O) groups is 2. The van der Waals surface area contributed by atoms with E-state index in [1.54, 1.807) is 4.90 Å². The van der Waals surface area contributed by atoms with Gasteiger partial charge in [0.15, 0.2) is 0 Å². The number of ether oxygens (including phenoxy) is 2. The van der Waals surface area contributed by atoms with Gasteiger partial charge < -0.3 is 14.4 Å². The average Bonchev–Trinajstić information content (AvgIpc) is 2.96. The standard InChI is InChI=1S/C16H28N2O4/c1-7-21-13(19)16(5,6)18-10-11-8-12(18)9-17(11)14(20)22-15(2,3)4/h11-12H,7-10H2,1-6H3. The Morgan fingerprint density at radius 1 is 1.09 bits per heavy atom. The summed E-state index contributed by atoms with van der Waals surface area (Å²) in [7, 11) is 0. The zero-order valence-corrected chi connectivity index (χ0v) is 14.5. The normalized spacial score (nSPS) is 25.5. The van der Waals surface area contributed by atoms with Gasteiger partial charge in [-0.2, -0.15) is 0 Å². The van der Waals surface area contributed by atoms with E-state index in [2.05, 4.69) is 4.90 Å². The minimum Gasteiger partial charge on any atom is -0.465 e. The van der Waals surface area contributed by atoms with E-state index in [0.29, 0.717) is 19.7 Å². The fourth-order valence-electron chi connectivity index (χ4n) is 3.32. The van der Waals surface area contributed by atoms with Gasteiger partial charge in [0.25, 0.3) is 0 Å². The first-order chi connectivity index (χ1) is 10.1. The number of esters is 1. The van der Waals surface area contributed by atoms with Crippen LogP contribution in [-0.4, -0.2) is 64.8 Å².